The molecule has 0 saturated heterocycles. The van der Waals surface area contributed by atoms with Gasteiger partial charge in [-0.3, -0.25) is 0 Å². The molecule has 11 heavy (non-hydrogen) atoms. The summed E-state index contributed by atoms with van der Waals surface area (Å²) in [6.45, 7) is 3.99. The number of hydrogen-bond donors (Lipinski definition) is 1. The molecular formula is C9H13NO. The lowest BCUT2D eigenvalue weighted by molar-refractivity contribution is 0.311. The fourth-order valence-corrected chi connectivity index (χ4v) is 2.39. The zero-order valence-electron chi connectivity index (χ0n) is 6.58. The second-order valence-electron chi connectivity index (χ2n) is 3.65. The van der Waals surface area contributed by atoms with Crippen LogP contribution < -0.4 is 0 Å². The van der Waals surface area contributed by atoms with Crippen LogP contribution in [0.2, 0.25) is 0 Å². The first-order valence-corrected chi connectivity index (χ1v) is 4.19. The van der Waals surface area contributed by atoms with Crippen LogP contribution in [0, 0.1) is 11.8 Å². The highest BCUT2D eigenvalue weighted by molar-refractivity contribution is 5.91. The minimum atomic E-state index is 0.520. The molecule has 1 N–H and O–H groups in total. The van der Waals surface area contributed by atoms with E-state index >= 15 is 0 Å². The summed E-state index contributed by atoms with van der Waals surface area (Å²) in [5, 5.41) is 12.1. The fraction of sp³-hybridized carbons (Fsp3) is 0.667. The van der Waals surface area contributed by atoms with Crippen molar-refractivity contribution >= 4 is 5.71 Å². The summed E-state index contributed by atoms with van der Waals surface area (Å²) in [6, 6.07) is 0. The summed E-state index contributed by atoms with van der Waals surface area (Å²) in [6.07, 6.45) is 4.50. The van der Waals surface area contributed by atoms with Crippen molar-refractivity contribution in [2.24, 2.45) is 17.0 Å². The van der Waals surface area contributed by atoms with Crippen LogP contribution in [0.1, 0.15) is 25.7 Å². The average Bonchev–Trinajstić information content (AvgIpc) is 2.23. The van der Waals surface area contributed by atoms with Gasteiger partial charge in [-0.15, -0.1) is 0 Å². The van der Waals surface area contributed by atoms with Crippen LogP contribution >= 0.6 is 0 Å². The van der Waals surface area contributed by atoms with E-state index in [9.17, 15) is 0 Å². The SMILES string of the molecule is C=C1CC2CCC(C1)C2=NO. The van der Waals surface area contributed by atoms with Gasteiger partial charge < -0.3 is 5.21 Å². The Bertz CT molecular complexity index is 202. The molecule has 0 spiro atoms. The van der Waals surface area contributed by atoms with Crippen molar-refractivity contribution in [1.82, 2.24) is 0 Å². The average molecular weight is 151 g/mol. The van der Waals surface area contributed by atoms with Crippen molar-refractivity contribution in [1.29, 1.82) is 0 Å². The Morgan fingerprint density at radius 2 is 1.82 bits per heavy atom. The maximum absolute atomic E-state index is 8.72. The molecule has 0 radical (unpaired) electrons. The van der Waals surface area contributed by atoms with Gasteiger partial charge in [-0.25, -0.2) is 0 Å². The lowest BCUT2D eigenvalue weighted by Crippen LogP contribution is -2.21. The molecule has 0 heterocycles. The van der Waals surface area contributed by atoms with E-state index in [-0.39, 0.29) is 0 Å². The van der Waals surface area contributed by atoms with Crippen LogP contribution in [0.3, 0.4) is 0 Å². The highest BCUT2D eigenvalue weighted by Gasteiger charge is 2.37. The van der Waals surface area contributed by atoms with Crippen molar-refractivity contribution in [3.63, 3.8) is 0 Å². The zero-order chi connectivity index (χ0) is 7.84. The Hall–Kier alpha value is -0.790. The van der Waals surface area contributed by atoms with Crippen LogP contribution in [0.5, 0.6) is 0 Å². The molecule has 2 unspecified atom stereocenters. The van der Waals surface area contributed by atoms with E-state index in [1.165, 1.54) is 18.4 Å². The van der Waals surface area contributed by atoms with Gasteiger partial charge in [0, 0.05) is 11.8 Å². The van der Waals surface area contributed by atoms with Gasteiger partial charge in [0.15, 0.2) is 0 Å². The maximum Gasteiger partial charge on any atom is 0.0638 e. The molecule has 0 aromatic rings. The number of hydrogen-bond acceptors (Lipinski definition) is 2. The normalized spacial score (nSPS) is 36.0. The molecule has 0 aliphatic heterocycles. The minimum Gasteiger partial charge on any atom is -0.411 e. The highest BCUT2D eigenvalue weighted by Crippen LogP contribution is 2.41. The zero-order valence-corrected chi connectivity index (χ0v) is 6.58. The fourth-order valence-electron chi connectivity index (χ4n) is 2.39. The number of rotatable bonds is 0. The van der Waals surface area contributed by atoms with Gasteiger partial charge in [-0.2, -0.15) is 0 Å². The summed E-state index contributed by atoms with van der Waals surface area (Å²) in [4.78, 5) is 0. The van der Waals surface area contributed by atoms with Gasteiger partial charge in [-0.1, -0.05) is 17.3 Å². The molecule has 0 aromatic carbocycles. The standard InChI is InChI=1S/C9H13NO/c1-6-4-7-2-3-8(5-6)9(7)10-11/h7-8,11H,1-5H2. The Kier molecular flexibility index (Phi) is 1.48. The predicted octanol–water partition coefficient (Wildman–Crippen LogP) is 2.19. The molecule has 2 atom stereocenters. The van der Waals surface area contributed by atoms with Gasteiger partial charge in [-0.05, 0) is 25.7 Å². The molecule has 2 aliphatic rings. The van der Waals surface area contributed by atoms with E-state index in [1.54, 1.807) is 0 Å². The highest BCUT2D eigenvalue weighted by atomic mass is 16.4. The molecule has 0 amide bonds. The molecule has 2 bridgehead atoms. The molecule has 60 valence electrons. The third-order valence-corrected chi connectivity index (χ3v) is 2.89. The summed E-state index contributed by atoms with van der Waals surface area (Å²) in [7, 11) is 0. The second-order valence-corrected chi connectivity index (χ2v) is 3.65. The van der Waals surface area contributed by atoms with Crippen molar-refractivity contribution in [3.8, 4) is 0 Å². The number of fused-ring (bicyclic) bond motifs is 2. The number of oxime groups is 1. The first-order valence-electron chi connectivity index (χ1n) is 4.19. The Labute approximate surface area is 66.6 Å². The Morgan fingerprint density at radius 1 is 1.27 bits per heavy atom. The van der Waals surface area contributed by atoms with Crippen molar-refractivity contribution < 1.29 is 5.21 Å². The molecule has 2 saturated carbocycles. The van der Waals surface area contributed by atoms with E-state index in [1.807, 2.05) is 0 Å². The Balaban J connectivity index is 2.25. The third kappa shape index (κ3) is 0.971. The van der Waals surface area contributed by atoms with Crippen LogP contribution in [-0.4, -0.2) is 10.9 Å². The maximum atomic E-state index is 8.72. The van der Waals surface area contributed by atoms with E-state index in [0.29, 0.717) is 11.8 Å². The smallest absolute Gasteiger partial charge is 0.0638 e. The van der Waals surface area contributed by atoms with E-state index < -0.39 is 0 Å². The van der Waals surface area contributed by atoms with Gasteiger partial charge in [0.25, 0.3) is 0 Å². The van der Waals surface area contributed by atoms with Gasteiger partial charge >= 0.3 is 0 Å². The van der Waals surface area contributed by atoms with Gasteiger partial charge in [0.2, 0.25) is 0 Å². The summed E-state index contributed by atoms with van der Waals surface area (Å²) in [5.41, 5.74) is 2.38. The largest absolute Gasteiger partial charge is 0.411 e. The summed E-state index contributed by atoms with van der Waals surface area (Å²) < 4.78 is 0. The van der Waals surface area contributed by atoms with Gasteiger partial charge in [0.05, 0.1) is 5.71 Å². The first-order chi connectivity index (χ1) is 5.31. The van der Waals surface area contributed by atoms with E-state index in [2.05, 4.69) is 11.7 Å². The van der Waals surface area contributed by atoms with Crippen molar-refractivity contribution in [2.45, 2.75) is 25.7 Å². The molecule has 2 nitrogen and oxygen atoms in total. The topological polar surface area (TPSA) is 32.6 Å². The lowest BCUT2D eigenvalue weighted by Gasteiger charge is -2.21. The number of allylic oxidation sites excluding steroid dienone is 1. The van der Waals surface area contributed by atoms with Crippen molar-refractivity contribution in [2.75, 3.05) is 0 Å². The summed E-state index contributed by atoms with van der Waals surface area (Å²) in [5.74, 6) is 1.04. The molecule has 2 heteroatoms. The second kappa shape index (κ2) is 2.36. The molecule has 0 aromatic heterocycles. The molecule has 2 aliphatic carbocycles. The molecule has 2 rings (SSSR count). The van der Waals surface area contributed by atoms with E-state index in [0.717, 1.165) is 18.6 Å². The third-order valence-electron chi connectivity index (χ3n) is 2.89. The van der Waals surface area contributed by atoms with Crippen LogP contribution in [0.15, 0.2) is 17.3 Å². The summed E-state index contributed by atoms with van der Waals surface area (Å²) >= 11 is 0. The molecular weight excluding hydrogens is 138 g/mol. The van der Waals surface area contributed by atoms with Crippen LogP contribution in [0.25, 0.3) is 0 Å². The quantitative estimate of drug-likeness (QED) is 0.321. The molecule has 2 fully saturated rings. The van der Waals surface area contributed by atoms with Crippen LogP contribution in [-0.2, 0) is 0 Å². The Morgan fingerprint density at radius 3 is 2.27 bits per heavy atom. The van der Waals surface area contributed by atoms with Crippen LogP contribution in [0.4, 0.5) is 0 Å². The monoisotopic (exact) mass is 151 g/mol. The van der Waals surface area contributed by atoms with E-state index in [4.69, 9.17) is 5.21 Å². The van der Waals surface area contributed by atoms with Gasteiger partial charge in [0.1, 0.15) is 0 Å². The first kappa shape index (κ1) is 6.89. The minimum absolute atomic E-state index is 0.520. The predicted molar refractivity (Wildman–Crippen MR) is 43.8 cm³/mol. The van der Waals surface area contributed by atoms with Crippen molar-refractivity contribution in [3.05, 3.63) is 12.2 Å². The lowest BCUT2D eigenvalue weighted by atomic mass is 9.84. The number of nitrogens with zero attached hydrogens (tertiary/aromatic N) is 1.